The van der Waals surface area contributed by atoms with Crippen LogP contribution in [-0.4, -0.2) is 26.6 Å². The third-order valence-corrected chi connectivity index (χ3v) is 3.40. The predicted molar refractivity (Wildman–Crippen MR) is 86.7 cm³/mol. The van der Waals surface area contributed by atoms with E-state index in [-0.39, 0.29) is 0 Å². The van der Waals surface area contributed by atoms with Crippen LogP contribution in [0.25, 0.3) is 5.57 Å². The van der Waals surface area contributed by atoms with Crippen molar-refractivity contribution >= 4 is 11.7 Å². The highest BCUT2D eigenvalue weighted by atomic mass is 16.6. The van der Waals surface area contributed by atoms with Gasteiger partial charge in [-0.1, -0.05) is 12.1 Å². The Morgan fingerprint density at radius 3 is 3.00 bits per heavy atom. The second kappa shape index (κ2) is 5.87. The molecule has 6 heteroatoms. The fourth-order valence-corrected chi connectivity index (χ4v) is 2.47. The lowest BCUT2D eigenvalue weighted by Gasteiger charge is -2.19. The van der Waals surface area contributed by atoms with Crippen molar-refractivity contribution in [1.82, 2.24) is 20.3 Å². The van der Waals surface area contributed by atoms with Gasteiger partial charge in [-0.2, -0.15) is 0 Å². The van der Waals surface area contributed by atoms with E-state index >= 15 is 0 Å². The number of ether oxygens (including phenoxy) is 1. The number of aromatic amines is 1. The Kier molecular flexibility index (Phi) is 3.90. The average Bonchev–Trinajstić information content (AvgIpc) is 3.09. The first kappa shape index (κ1) is 15.3. The number of rotatable bonds is 3. The number of imidazole rings is 1. The van der Waals surface area contributed by atoms with Crippen LogP contribution in [-0.2, 0) is 17.7 Å². The molecule has 0 unspecified atom stereocenters. The maximum absolute atomic E-state index is 11.7. The van der Waals surface area contributed by atoms with Crippen LogP contribution in [0.15, 0.2) is 30.6 Å². The van der Waals surface area contributed by atoms with E-state index in [4.69, 9.17) is 4.74 Å². The van der Waals surface area contributed by atoms with Crippen molar-refractivity contribution in [2.24, 2.45) is 0 Å². The van der Waals surface area contributed by atoms with E-state index in [0.717, 1.165) is 28.9 Å². The molecule has 0 radical (unpaired) electrons. The third kappa shape index (κ3) is 3.59. The number of hydrogen-bond acceptors (Lipinski definition) is 4. The van der Waals surface area contributed by atoms with Gasteiger partial charge in [-0.15, -0.1) is 0 Å². The first-order chi connectivity index (χ1) is 10.9. The molecule has 23 heavy (non-hydrogen) atoms. The Balaban J connectivity index is 1.65. The number of aromatic nitrogens is 3. The van der Waals surface area contributed by atoms with Crippen molar-refractivity contribution in [3.63, 3.8) is 0 Å². The number of pyridine rings is 1. The van der Waals surface area contributed by atoms with Gasteiger partial charge in [0.1, 0.15) is 11.4 Å². The van der Waals surface area contributed by atoms with Gasteiger partial charge in [0.25, 0.3) is 0 Å². The Labute approximate surface area is 135 Å². The summed E-state index contributed by atoms with van der Waals surface area (Å²) in [5.41, 5.74) is 3.72. The van der Waals surface area contributed by atoms with Gasteiger partial charge in [-0.25, -0.2) is 9.78 Å². The second-order valence-corrected chi connectivity index (χ2v) is 6.42. The highest BCUT2D eigenvalue weighted by molar-refractivity contribution is 5.82. The second-order valence-electron chi connectivity index (χ2n) is 6.42. The molecule has 1 amide bonds. The van der Waals surface area contributed by atoms with Gasteiger partial charge in [-0.3, -0.25) is 4.98 Å². The summed E-state index contributed by atoms with van der Waals surface area (Å²) in [7, 11) is 0. The first-order valence-electron chi connectivity index (χ1n) is 7.58. The molecule has 0 saturated carbocycles. The van der Waals surface area contributed by atoms with Gasteiger partial charge in [-0.05, 0) is 26.8 Å². The molecule has 0 fully saturated rings. The largest absolute Gasteiger partial charge is 0.444 e. The van der Waals surface area contributed by atoms with E-state index < -0.39 is 11.7 Å². The van der Waals surface area contributed by atoms with Crippen LogP contribution in [0.1, 0.15) is 43.5 Å². The molecular weight excluding hydrogens is 292 g/mol. The predicted octanol–water partition coefficient (Wildman–Crippen LogP) is 2.82. The topological polar surface area (TPSA) is 79.9 Å². The average molecular weight is 312 g/mol. The first-order valence-corrected chi connectivity index (χ1v) is 7.58. The Bertz CT molecular complexity index is 756. The van der Waals surface area contributed by atoms with Gasteiger partial charge in [0, 0.05) is 23.8 Å². The lowest BCUT2D eigenvalue weighted by molar-refractivity contribution is 0.0522. The molecule has 0 bridgehead atoms. The highest BCUT2D eigenvalue weighted by Crippen LogP contribution is 2.30. The molecular formula is C17H20N4O2. The highest BCUT2D eigenvalue weighted by Gasteiger charge is 2.19. The van der Waals surface area contributed by atoms with E-state index in [1.54, 1.807) is 12.4 Å². The van der Waals surface area contributed by atoms with Crippen LogP contribution in [0.3, 0.4) is 0 Å². The minimum Gasteiger partial charge on any atom is -0.444 e. The number of alkyl carbamates (subject to hydrolysis) is 1. The molecule has 0 atom stereocenters. The zero-order valence-electron chi connectivity index (χ0n) is 13.5. The normalized spacial score (nSPS) is 13.4. The Morgan fingerprint density at radius 2 is 2.22 bits per heavy atom. The molecule has 0 spiro atoms. The molecule has 1 aliphatic carbocycles. The zero-order valence-corrected chi connectivity index (χ0v) is 13.5. The van der Waals surface area contributed by atoms with Crippen molar-refractivity contribution < 1.29 is 9.53 Å². The number of nitrogens with one attached hydrogen (secondary N) is 2. The van der Waals surface area contributed by atoms with Gasteiger partial charge in [0.2, 0.25) is 0 Å². The molecule has 6 nitrogen and oxygen atoms in total. The van der Waals surface area contributed by atoms with Gasteiger partial charge >= 0.3 is 6.09 Å². The number of allylic oxidation sites excluding steroid dienone is 1. The molecule has 120 valence electrons. The summed E-state index contributed by atoms with van der Waals surface area (Å²) >= 11 is 0. The zero-order chi connectivity index (χ0) is 16.4. The number of fused-ring (bicyclic) bond motifs is 1. The monoisotopic (exact) mass is 312 g/mol. The number of carbonyl (C=O) groups is 1. The van der Waals surface area contributed by atoms with Gasteiger partial charge < -0.3 is 15.0 Å². The molecule has 1 aliphatic rings. The lowest BCUT2D eigenvalue weighted by Crippen LogP contribution is -2.32. The fraction of sp³-hybridized carbons (Fsp3) is 0.353. The molecule has 2 aromatic rings. The van der Waals surface area contributed by atoms with Crippen molar-refractivity contribution in [1.29, 1.82) is 0 Å². The van der Waals surface area contributed by atoms with Crippen molar-refractivity contribution in [2.45, 2.75) is 39.3 Å². The Morgan fingerprint density at radius 1 is 1.39 bits per heavy atom. The van der Waals surface area contributed by atoms with Crippen LogP contribution in [0.4, 0.5) is 4.79 Å². The molecule has 3 rings (SSSR count). The van der Waals surface area contributed by atoms with Crippen molar-refractivity contribution in [3.05, 3.63) is 53.4 Å². The van der Waals surface area contributed by atoms with Gasteiger partial charge in [0.05, 0.1) is 24.1 Å². The van der Waals surface area contributed by atoms with E-state index in [1.807, 2.05) is 26.8 Å². The van der Waals surface area contributed by atoms with Crippen molar-refractivity contribution in [2.75, 3.05) is 0 Å². The van der Waals surface area contributed by atoms with Gasteiger partial charge in [0.15, 0.2) is 0 Å². The minimum absolute atomic E-state index is 0.294. The standard InChI is InChI=1S/C17H20N4O2/c1-17(2,3)23-16(22)20-10-15-19-9-14(21-15)12-6-7-13-11(12)5-4-8-18-13/h4-6,8-9H,7,10H2,1-3H3,(H,19,21)(H,20,22). The number of hydrogen-bond donors (Lipinski definition) is 2. The summed E-state index contributed by atoms with van der Waals surface area (Å²) in [5, 5.41) is 2.69. The quantitative estimate of drug-likeness (QED) is 0.913. The van der Waals surface area contributed by atoms with Crippen LogP contribution in [0, 0.1) is 0 Å². The number of amides is 1. The van der Waals surface area contributed by atoms with E-state index in [9.17, 15) is 4.79 Å². The molecule has 2 heterocycles. The van der Waals surface area contributed by atoms with Crippen LogP contribution in [0.2, 0.25) is 0 Å². The molecule has 0 aliphatic heterocycles. The molecule has 2 aromatic heterocycles. The molecule has 0 aromatic carbocycles. The fourth-order valence-electron chi connectivity index (χ4n) is 2.47. The maximum Gasteiger partial charge on any atom is 0.408 e. The smallest absolute Gasteiger partial charge is 0.408 e. The number of carbonyl (C=O) groups excluding carboxylic acids is 1. The Hall–Kier alpha value is -2.63. The molecule has 0 saturated heterocycles. The lowest BCUT2D eigenvalue weighted by atomic mass is 10.1. The van der Waals surface area contributed by atoms with Crippen LogP contribution < -0.4 is 5.32 Å². The SMILES string of the molecule is CC(C)(C)OC(=O)NCc1ncc(C2=CCc3ncccc32)[nH]1. The summed E-state index contributed by atoms with van der Waals surface area (Å²) < 4.78 is 5.20. The molecule has 2 N–H and O–H groups in total. The van der Waals surface area contributed by atoms with E-state index in [2.05, 4.69) is 32.4 Å². The van der Waals surface area contributed by atoms with Crippen molar-refractivity contribution in [3.8, 4) is 0 Å². The van der Waals surface area contributed by atoms with Crippen LogP contribution >= 0.6 is 0 Å². The summed E-state index contributed by atoms with van der Waals surface area (Å²) in [6, 6.07) is 3.99. The number of H-pyrrole nitrogens is 1. The summed E-state index contributed by atoms with van der Waals surface area (Å²) in [6.07, 6.45) is 6.09. The summed E-state index contributed by atoms with van der Waals surface area (Å²) in [4.78, 5) is 23.6. The summed E-state index contributed by atoms with van der Waals surface area (Å²) in [6.45, 7) is 5.78. The van der Waals surface area contributed by atoms with Crippen LogP contribution in [0.5, 0.6) is 0 Å². The summed E-state index contributed by atoms with van der Waals surface area (Å²) in [5.74, 6) is 0.684. The third-order valence-electron chi connectivity index (χ3n) is 3.40. The number of nitrogens with zero attached hydrogens (tertiary/aromatic N) is 2. The maximum atomic E-state index is 11.7. The minimum atomic E-state index is -0.510. The van der Waals surface area contributed by atoms with E-state index in [1.165, 1.54) is 0 Å². The van der Waals surface area contributed by atoms with E-state index in [0.29, 0.717) is 12.4 Å².